The molecule has 9 nitrogen and oxygen atoms in total. The molecule has 9 heteroatoms. The normalized spacial score (nSPS) is 18.9. The molecule has 0 aliphatic heterocycles. The molecular weight excluding hydrogens is 344 g/mol. The third-order valence-electron chi connectivity index (χ3n) is 4.90. The first-order valence-electron chi connectivity index (χ1n) is 8.98. The Hall–Kier alpha value is -3.10. The van der Waals surface area contributed by atoms with Crippen molar-refractivity contribution >= 4 is 5.91 Å². The van der Waals surface area contributed by atoms with E-state index >= 15 is 0 Å². The third-order valence-corrected chi connectivity index (χ3v) is 4.90. The first kappa shape index (κ1) is 17.3. The second-order valence-corrected chi connectivity index (χ2v) is 7.02. The minimum absolute atomic E-state index is 0.129. The number of aryl methyl sites for hydroxylation is 2. The Balaban J connectivity index is 1.35. The molecule has 1 amide bonds. The molecule has 1 aliphatic carbocycles. The van der Waals surface area contributed by atoms with Crippen molar-refractivity contribution in [3.63, 3.8) is 0 Å². The van der Waals surface area contributed by atoms with Crippen LogP contribution in [0.4, 0.5) is 0 Å². The molecule has 1 fully saturated rings. The molecule has 3 heterocycles. The Morgan fingerprint density at radius 3 is 2.78 bits per heavy atom. The molecule has 1 aliphatic rings. The van der Waals surface area contributed by atoms with Crippen molar-refractivity contribution in [3.05, 3.63) is 53.4 Å². The highest BCUT2D eigenvalue weighted by Crippen LogP contribution is 2.36. The van der Waals surface area contributed by atoms with Crippen molar-refractivity contribution < 1.29 is 4.79 Å². The number of hydrogen-bond donors (Lipinski definition) is 1. The first-order valence-corrected chi connectivity index (χ1v) is 8.98. The predicted molar refractivity (Wildman–Crippen MR) is 97.1 cm³/mol. The van der Waals surface area contributed by atoms with Gasteiger partial charge in [-0.2, -0.15) is 5.10 Å². The zero-order valence-electron chi connectivity index (χ0n) is 15.6. The lowest BCUT2D eigenvalue weighted by atomic mass is 9.79. The molecule has 3 aromatic rings. The average molecular weight is 366 g/mol. The molecule has 0 saturated heterocycles. The fourth-order valence-electron chi connectivity index (χ4n) is 3.45. The van der Waals surface area contributed by atoms with Crippen LogP contribution in [0.5, 0.6) is 0 Å². The highest BCUT2D eigenvalue weighted by atomic mass is 16.1. The summed E-state index contributed by atoms with van der Waals surface area (Å²) in [6.45, 7) is 4.24. The molecule has 0 atom stereocenters. The van der Waals surface area contributed by atoms with Crippen LogP contribution in [0.25, 0.3) is 0 Å². The lowest BCUT2D eigenvalue weighted by Crippen LogP contribution is -2.44. The summed E-state index contributed by atoms with van der Waals surface area (Å²) in [5.41, 5.74) is 1.21. The van der Waals surface area contributed by atoms with Gasteiger partial charge in [0.05, 0.1) is 0 Å². The van der Waals surface area contributed by atoms with Crippen molar-refractivity contribution in [2.24, 2.45) is 7.05 Å². The largest absolute Gasteiger partial charge is 0.348 e. The van der Waals surface area contributed by atoms with Gasteiger partial charge in [-0.25, -0.2) is 9.97 Å². The number of rotatable bonds is 5. The quantitative estimate of drug-likeness (QED) is 0.726. The van der Waals surface area contributed by atoms with Gasteiger partial charge in [-0.05, 0) is 38.8 Å². The van der Waals surface area contributed by atoms with Crippen LogP contribution in [-0.2, 0) is 13.6 Å². The highest BCUT2D eigenvalue weighted by Gasteiger charge is 2.35. The first-order chi connectivity index (χ1) is 13.0. The second-order valence-electron chi connectivity index (χ2n) is 7.02. The molecule has 4 rings (SSSR count). The molecule has 3 aromatic heterocycles. The van der Waals surface area contributed by atoms with Gasteiger partial charge in [0.15, 0.2) is 5.82 Å². The van der Waals surface area contributed by atoms with Gasteiger partial charge in [-0.1, -0.05) is 0 Å². The lowest BCUT2D eigenvalue weighted by molar-refractivity contribution is 0.0901. The standard InChI is InChI=1S/C18H22N8O/c1-11-7-15(21-12(2)20-11)18(27)22-14-8-13(9-14)17-24-23-16(25(17)3)10-26-6-4-5-19-26/h4-7,13-14H,8-10H2,1-3H3,(H,22,27). The number of amides is 1. The summed E-state index contributed by atoms with van der Waals surface area (Å²) in [6.07, 6.45) is 5.35. The molecule has 0 radical (unpaired) electrons. The molecular formula is C18H22N8O. The van der Waals surface area contributed by atoms with E-state index in [1.165, 1.54) is 0 Å². The van der Waals surface area contributed by atoms with Crippen molar-refractivity contribution in [1.82, 2.24) is 39.8 Å². The number of carbonyl (C=O) groups excluding carboxylic acids is 1. The molecule has 1 saturated carbocycles. The maximum Gasteiger partial charge on any atom is 0.270 e. The van der Waals surface area contributed by atoms with E-state index in [0.29, 0.717) is 24.0 Å². The topological polar surface area (TPSA) is 103 Å². The number of carbonyl (C=O) groups is 1. The van der Waals surface area contributed by atoms with E-state index in [1.54, 1.807) is 19.2 Å². The lowest BCUT2D eigenvalue weighted by Gasteiger charge is -2.34. The Bertz CT molecular complexity index is 936. The van der Waals surface area contributed by atoms with Crippen LogP contribution in [0.2, 0.25) is 0 Å². The number of nitrogens with one attached hydrogen (secondary N) is 1. The zero-order chi connectivity index (χ0) is 19.0. The van der Waals surface area contributed by atoms with Crippen LogP contribution in [0.3, 0.4) is 0 Å². The SMILES string of the molecule is Cc1cc(C(=O)NC2CC(c3nnc(Cn4cccn4)n3C)C2)nc(C)n1. The van der Waals surface area contributed by atoms with Gasteiger partial charge >= 0.3 is 0 Å². The van der Waals surface area contributed by atoms with Crippen LogP contribution in [0.1, 0.15) is 52.4 Å². The van der Waals surface area contributed by atoms with E-state index in [9.17, 15) is 4.79 Å². The minimum Gasteiger partial charge on any atom is -0.348 e. The van der Waals surface area contributed by atoms with Crippen LogP contribution in [0.15, 0.2) is 24.5 Å². The van der Waals surface area contributed by atoms with E-state index in [-0.39, 0.29) is 11.9 Å². The summed E-state index contributed by atoms with van der Waals surface area (Å²) in [5, 5.41) is 15.9. The Morgan fingerprint density at radius 1 is 1.26 bits per heavy atom. The fraction of sp³-hybridized carbons (Fsp3) is 0.444. The maximum atomic E-state index is 12.4. The van der Waals surface area contributed by atoms with Crippen LogP contribution >= 0.6 is 0 Å². The monoisotopic (exact) mass is 366 g/mol. The number of nitrogens with zero attached hydrogens (tertiary/aromatic N) is 7. The van der Waals surface area contributed by atoms with Gasteiger partial charge in [0.2, 0.25) is 0 Å². The van der Waals surface area contributed by atoms with Crippen molar-refractivity contribution in [2.45, 2.75) is 45.2 Å². The van der Waals surface area contributed by atoms with E-state index in [0.717, 1.165) is 30.2 Å². The van der Waals surface area contributed by atoms with E-state index in [2.05, 4.69) is 30.6 Å². The molecule has 0 aromatic carbocycles. The Kier molecular flexibility index (Phi) is 4.43. The highest BCUT2D eigenvalue weighted by molar-refractivity contribution is 5.92. The zero-order valence-corrected chi connectivity index (χ0v) is 15.6. The molecule has 1 N–H and O–H groups in total. The van der Waals surface area contributed by atoms with Gasteiger partial charge in [-0.15, -0.1) is 10.2 Å². The van der Waals surface area contributed by atoms with Gasteiger partial charge in [0.25, 0.3) is 5.91 Å². The predicted octanol–water partition coefficient (Wildman–Crippen LogP) is 1.14. The smallest absolute Gasteiger partial charge is 0.270 e. The van der Waals surface area contributed by atoms with Crippen LogP contribution in [-0.4, -0.2) is 46.5 Å². The third kappa shape index (κ3) is 3.57. The van der Waals surface area contributed by atoms with Crippen molar-refractivity contribution in [3.8, 4) is 0 Å². The summed E-state index contributed by atoms with van der Waals surface area (Å²) >= 11 is 0. The Morgan fingerprint density at radius 2 is 2.07 bits per heavy atom. The summed E-state index contributed by atoms with van der Waals surface area (Å²) in [7, 11) is 1.98. The molecule has 0 bridgehead atoms. The van der Waals surface area contributed by atoms with Crippen molar-refractivity contribution in [2.75, 3.05) is 0 Å². The summed E-state index contributed by atoms with van der Waals surface area (Å²) in [6, 6.07) is 3.73. The second kappa shape index (κ2) is 6.90. The van der Waals surface area contributed by atoms with Crippen molar-refractivity contribution in [1.29, 1.82) is 0 Å². The molecule has 27 heavy (non-hydrogen) atoms. The fourth-order valence-corrected chi connectivity index (χ4v) is 3.45. The van der Waals surface area contributed by atoms with E-state index in [4.69, 9.17) is 0 Å². The molecule has 0 spiro atoms. The van der Waals surface area contributed by atoms with E-state index < -0.39 is 0 Å². The Labute approximate surface area is 156 Å². The van der Waals surface area contributed by atoms with E-state index in [1.807, 2.05) is 35.5 Å². The summed E-state index contributed by atoms with van der Waals surface area (Å²) < 4.78 is 3.85. The van der Waals surface area contributed by atoms with Crippen LogP contribution in [0, 0.1) is 13.8 Å². The maximum absolute atomic E-state index is 12.4. The molecule has 0 unspecified atom stereocenters. The van der Waals surface area contributed by atoms with Gasteiger partial charge in [0, 0.05) is 37.1 Å². The number of hydrogen-bond acceptors (Lipinski definition) is 6. The van der Waals surface area contributed by atoms with Crippen LogP contribution < -0.4 is 5.32 Å². The van der Waals surface area contributed by atoms with Gasteiger partial charge < -0.3 is 9.88 Å². The minimum atomic E-state index is -0.149. The summed E-state index contributed by atoms with van der Waals surface area (Å²) in [5.74, 6) is 2.58. The van der Waals surface area contributed by atoms with Gasteiger partial charge in [-0.3, -0.25) is 9.48 Å². The molecule has 140 valence electrons. The average Bonchev–Trinajstić information content (AvgIpc) is 3.21. The number of aromatic nitrogens is 7. The van der Waals surface area contributed by atoms with Gasteiger partial charge in [0.1, 0.15) is 23.9 Å². The summed E-state index contributed by atoms with van der Waals surface area (Å²) in [4.78, 5) is 20.8.